The smallest absolute Gasteiger partial charge is 0.325 e. The SMILES string of the molecule is O=C(Nc1nnc(COc2ccccc2)s1)Nc1ccc(Cl)cc1Cl. The highest BCUT2D eigenvalue weighted by Crippen LogP contribution is 2.25. The molecule has 0 saturated heterocycles. The van der Waals surface area contributed by atoms with E-state index in [4.69, 9.17) is 27.9 Å². The number of amides is 2. The fourth-order valence-electron chi connectivity index (χ4n) is 1.87. The number of halogens is 2. The van der Waals surface area contributed by atoms with E-state index in [1.807, 2.05) is 30.3 Å². The van der Waals surface area contributed by atoms with Crippen LogP contribution in [-0.4, -0.2) is 16.2 Å². The van der Waals surface area contributed by atoms with Crippen LogP contribution in [-0.2, 0) is 6.61 Å². The van der Waals surface area contributed by atoms with Crippen molar-refractivity contribution in [3.05, 3.63) is 63.6 Å². The van der Waals surface area contributed by atoms with Crippen molar-refractivity contribution in [2.45, 2.75) is 6.61 Å². The molecule has 0 aliphatic rings. The van der Waals surface area contributed by atoms with Crippen molar-refractivity contribution in [1.29, 1.82) is 0 Å². The Morgan fingerprint density at radius 2 is 1.88 bits per heavy atom. The molecule has 3 rings (SSSR count). The molecule has 3 aromatic rings. The van der Waals surface area contributed by atoms with E-state index in [1.165, 1.54) is 11.3 Å². The van der Waals surface area contributed by atoms with Gasteiger partial charge in [0, 0.05) is 5.02 Å². The highest BCUT2D eigenvalue weighted by atomic mass is 35.5. The molecular weight excluding hydrogens is 383 g/mol. The molecule has 0 atom stereocenters. The second-order valence-electron chi connectivity index (χ2n) is 4.81. The first kappa shape index (κ1) is 17.5. The lowest BCUT2D eigenvalue weighted by molar-refractivity contribution is 0.262. The summed E-state index contributed by atoms with van der Waals surface area (Å²) in [4.78, 5) is 12.0. The molecule has 0 spiro atoms. The Morgan fingerprint density at radius 3 is 2.64 bits per heavy atom. The van der Waals surface area contributed by atoms with Crippen LogP contribution in [0.1, 0.15) is 5.01 Å². The number of nitrogens with one attached hydrogen (secondary N) is 2. The van der Waals surface area contributed by atoms with Crippen molar-refractivity contribution < 1.29 is 9.53 Å². The third-order valence-corrected chi connectivity index (χ3v) is 4.33. The summed E-state index contributed by atoms with van der Waals surface area (Å²) in [7, 11) is 0. The molecule has 2 N–H and O–H groups in total. The van der Waals surface area contributed by atoms with Crippen LogP contribution in [0.15, 0.2) is 48.5 Å². The van der Waals surface area contributed by atoms with Gasteiger partial charge in [0.1, 0.15) is 12.4 Å². The minimum atomic E-state index is -0.476. The zero-order valence-electron chi connectivity index (χ0n) is 12.7. The number of urea groups is 1. The fraction of sp³-hybridized carbons (Fsp3) is 0.0625. The molecule has 128 valence electrons. The molecule has 1 aromatic heterocycles. The first-order valence-corrected chi connectivity index (χ1v) is 8.71. The highest BCUT2D eigenvalue weighted by molar-refractivity contribution is 7.15. The highest BCUT2D eigenvalue weighted by Gasteiger charge is 2.10. The van der Waals surface area contributed by atoms with E-state index in [9.17, 15) is 4.79 Å². The van der Waals surface area contributed by atoms with Gasteiger partial charge in [-0.1, -0.05) is 52.7 Å². The minimum Gasteiger partial charge on any atom is -0.486 e. The van der Waals surface area contributed by atoms with Crippen LogP contribution >= 0.6 is 34.5 Å². The first-order chi connectivity index (χ1) is 12.1. The van der Waals surface area contributed by atoms with Crippen LogP contribution in [0.2, 0.25) is 10.0 Å². The quantitative estimate of drug-likeness (QED) is 0.633. The summed E-state index contributed by atoms with van der Waals surface area (Å²) in [5.41, 5.74) is 0.445. The number of benzene rings is 2. The number of hydrogen-bond acceptors (Lipinski definition) is 5. The minimum absolute atomic E-state index is 0.272. The maximum absolute atomic E-state index is 12.0. The lowest BCUT2D eigenvalue weighted by Gasteiger charge is -2.07. The maximum Gasteiger partial charge on any atom is 0.325 e. The van der Waals surface area contributed by atoms with Crippen molar-refractivity contribution in [2.24, 2.45) is 0 Å². The Bertz CT molecular complexity index is 874. The van der Waals surface area contributed by atoms with Gasteiger partial charge < -0.3 is 10.1 Å². The van der Waals surface area contributed by atoms with E-state index < -0.39 is 6.03 Å². The molecular formula is C16H12Cl2N4O2S. The number of anilines is 2. The lowest BCUT2D eigenvalue weighted by atomic mass is 10.3. The van der Waals surface area contributed by atoms with Crippen LogP contribution in [0.3, 0.4) is 0 Å². The Labute approximate surface area is 157 Å². The Balaban J connectivity index is 1.54. The van der Waals surface area contributed by atoms with E-state index in [1.54, 1.807) is 18.2 Å². The molecule has 0 unspecified atom stereocenters. The lowest BCUT2D eigenvalue weighted by Crippen LogP contribution is -2.19. The van der Waals surface area contributed by atoms with Crippen molar-refractivity contribution in [3.63, 3.8) is 0 Å². The molecule has 25 heavy (non-hydrogen) atoms. The van der Waals surface area contributed by atoms with Crippen LogP contribution in [0, 0.1) is 0 Å². The second-order valence-corrected chi connectivity index (χ2v) is 6.71. The van der Waals surface area contributed by atoms with Gasteiger partial charge in [-0.2, -0.15) is 0 Å². The van der Waals surface area contributed by atoms with E-state index in [-0.39, 0.29) is 6.61 Å². The average molecular weight is 395 g/mol. The second kappa shape index (κ2) is 8.15. The number of carbonyl (C=O) groups excluding carboxylic acids is 1. The van der Waals surface area contributed by atoms with Crippen molar-refractivity contribution in [2.75, 3.05) is 10.6 Å². The summed E-state index contributed by atoms with van der Waals surface area (Å²) in [6.07, 6.45) is 0. The molecule has 2 amide bonds. The summed E-state index contributed by atoms with van der Waals surface area (Å²) in [6.45, 7) is 0.272. The number of carbonyl (C=O) groups is 1. The standard InChI is InChI=1S/C16H12Cl2N4O2S/c17-10-6-7-13(12(18)8-10)19-15(23)20-16-22-21-14(25-16)9-24-11-4-2-1-3-5-11/h1-8H,9H2,(H2,19,20,22,23). The summed E-state index contributed by atoms with van der Waals surface area (Å²) in [6, 6.07) is 13.7. The van der Waals surface area contributed by atoms with Crippen LogP contribution < -0.4 is 15.4 Å². The maximum atomic E-state index is 12.0. The van der Waals surface area contributed by atoms with Gasteiger partial charge in [-0.15, -0.1) is 10.2 Å². The zero-order chi connectivity index (χ0) is 17.6. The molecule has 0 aliphatic carbocycles. The topological polar surface area (TPSA) is 76.1 Å². The molecule has 9 heteroatoms. The van der Waals surface area contributed by atoms with Crippen LogP contribution in [0.5, 0.6) is 5.75 Å². The van der Waals surface area contributed by atoms with Gasteiger partial charge >= 0.3 is 6.03 Å². The summed E-state index contributed by atoms with van der Waals surface area (Å²) >= 11 is 13.1. The summed E-state index contributed by atoms with van der Waals surface area (Å²) in [5, 5.41) is 14.9. The number of para-hydroxylation sites is 1. The van der Waals surface area contributed by atoms with Gasteiger partial charge in [0.2, 0.25) is 5.13 Å². The average Bonchev–Trinajstić information content (AvgIpc) is 3.04. The predicted octanol–water partition coefficient (Wildman–Crippen LogP) is 5.07. The molecule has 6 nitrogen and oxygen atoms in total. The monoisotopic (exact) mass is 394 g/mol. The predicted molar refractivity (Wildman–Crippen MR) is 99.8 cm³/mol. The largest absolute Gasteiger partial charge is 0.486 e. The number of rotatable bonds is 5. The number of ether oxygens (including phenoxy) is 1. The molecule has 0 radical (unpaired) electrons. The van der Waals surface area contributed by atoms with Crippen LogP contribution in [0.4, 0.5) is 15.6 Å². The Hall–Kier alpha value is -2.35. The molecule has 0 saturated carbocycles. The Kier molecular flexibility index (Phi) is 5.70. The van der Waals surface area contributed by atoms with Crippen molar-refractivity contribution in [1.82, 2.24) is 10.2 Å². The van der Waals surface area contributed by atoms with Gasteiger partial charge in [0.25, 0.3) is 0 Å². The Morgan fingerprint density at radius 1 is 1.08 bits per heavy atom. The molecule has 0 bridgehead atoms. The summed E-state index contributed by atoms with van der Waals surface area (Å²) < 4.78 is 5.58. The number of nitrogens with zero attached hydrogens (tertiary/aromatic N) is 2. The number of aromatic nitrogens is 2. The van der Waals surface area contributed by atoms with Crippen molar-refractivity contribution >= 4 is 51.4 Å². The van der Waals surface area contributed by atoms with Crippen LogP contribution in [0.25, 0.3) is 0 Å². The third kappa shape index (κ3) is 5.06. The van der Waals surface area contributed by atoms with E-state index in [2.05, 4.69) is 20.8 Å². The first-order valence-electron chi connectivity index (χ1n) is 7.13. The fourth-order valence-corrected chi connectivity index (χ4v) is 2.97. The van der Waals surface area contributed by atoms with Gasteiger partial charge in [0.05, 0.1) is 10.7 Å². The van der Waals surface area contributed by atoms with E-state index in [0.29, 0.717) is 25.9 Å². The van der Waals surface area contributed by atoms with Gasteiger partial charge in [-0.3, -0.25) is 5.32 Å². The van der Waals surface area contributed by atoms with E-state index in [0.717, 1.165) is 5.75 Å². The molecule has 0 aliphatic heterocycles. The zero-order valence-corrected chi connectivity index (χ0v) is 15.0. The summed E-state index contributed by atoms with van der Waals surface area (Å²) in [5.74, 6) is 0.738. The number of hydrogen-bond donors (Lipinski definition) is 2. The van der Waals surface area contributed by atoms with Gasteiger partial charge in [-0.25, -0.2) is 4.79 Å². The molecule has 2 aromatic carbocycles. The van der Waals surface area contributed by atoms with Gasteiger partial charge in [0.15, 0.2) is 5.01 Å². The van der Waals surface area contributed by atoms with E-state index >= 15 is 0 Å². The molecule has 0 fully saturated rings. The molecule has 1 heterocycles. The normalized spacial score (nSPS) is 10.3. The third-order valence-electron chi connectivity index (χ3n) is 2.97. The van der Waals surface area contributed by atoms with Crippen molar-refractivity contribution in [3.8, 4) is 5.75 Å². The van der Waals surface area contributed by atoms with Gasteiger partial charge in [-0.05, 0) is 30.3 Å².